The van der Waals surface area contributed by atoms with Crippen LogP contribution in [-0.2, 0) is 14.3 Å². The number of methoxy groups -OCH3 is 3. The molecule has 0 radical (unpaired) electrons. The molecule has 1 atom stereocenters. The van der Waals surface area contributed by atoms with E-state index in [9.17, 15) is 14.4 Å². The van der Waals surface area contributed by atoms with Crippen molar-refractivity contribution in [1.29, 1.82) is 0 Å². The van der Waals surface area contributed by atoms with Crippen LogP contribution in [0.25, 0.3) is 6.08 Å². The van der Waals surface area contributed by atoms with Crippen molar-refractivity contribution >= 4 is 23.8 Å². The van der Waals surface area contributed by atoms with Gasteiger partial charge in [0.15, 0.2) is 23.9 Å². The van der Waals surface area contributed by atoms with Crippen LogP contribution in [0, 0.1) is 0 Å². The van der Waals surface area contributed by atoms with Crippen LogP contribution in [-0.4, -0.2) is 45.7 Å². The average molecular weight is 517 g/mol. The second-order valence-electron chi connectivity index (χ2n) is 8.54. The Kier molecular flexibility index (Phi) is 6.74. The Hall–Kier alpha value is -4.79. The van der Waals surface area contributed by atoms with Gasteiger partial charge in [-0.25, -0.2) is 4.79 Å². The highest BCUT2D eigenvalue weighted by Crippen LogP contribution is 2.50. The van der Waals surface area contributed by atoms with Gasteiger partial charge in [0.1, 0.15) is 17.2 Å². The Balaban J connectivity index is 1.54. The summed E-state index contributed by atoms with van der Waals surface area (Å²) in [4.78, 5) is 37.3. The number of Topliss-reactive ketones (excluding diaryl/α,β-unsaturated/α-hetero) is 1. The molecule has 0 N–H and O–H groups in total. The van der Waals surface area contributed by atoms with E-state index in [4.69, 9.17) is 23.7 Å². The molecular weight excluding hydrogens is 492 g/mol. The zero-order valence-corrected chi connectivity index (χ0v) is 20.9. The number of allylic oxidation sites excluding steroid dienone is 1. The predicted octanol–water partition coefficient (Wildman–Crippen LogP) is 4.31. The van der Waals surface area contributed by atoms with Crippen molar-refractivity contribution in [2.45, 2.75) is 12.3 Å². The first kappa shape index (κ1) is 24.9. The maximum absolute atomic E-state index is 13.3. The number of para-hydroxylation sites is 1. The number of carbonyl (C=O) groups excluding carboxylic acids is 3. The van der Waals surface area contributed by atoms with E-state index in [-0.39, 0.29) is 24.6 Å². The normalized spacial score (nSPS) is 16.7. The first-order valence-electron chi connectivity index (χ1n) is 11.8. The Morgan fingerprint density at radius 3 is 2.50 bits per heavy atom. The van der Waals surface area contributed by atoms with E-state index in [2.05, 4.69) is 4.74 Å². The summed E-state index contributed by atoms with van der Waals surface area (Å²) in [6, 6.07) is 15.6. The van der Waals surface area contributed by atoms with E-state index >= 15 is 0 Å². The number of esters is 2. The smallest absolute Gasteiger partial charge is 0.343 e. The molecule has 2 heterocycles. The standard InChI is InChI=1S/C29H24O9/c1-33-20-7-5-4-6-17(20)13-24-28(32)18-9-11-22-27(29(18)38-24)19(14-25(30)37-22)16-8-10-21(23(12-16)34-2)36-15-26(31)35-3/h4-13,19H,14-15H2,1-3H3/b24-13-/t19-/m1/s1. The van der Waals surface area contributed by atoms with Crippen LogP contribution in [0.2, 0.25) is 0 Å². The molecule has 2 aliphatic rings. The monoisotopic (exact) mass is 516 g/mol. The molecule has 0 fully saturated rings. The van der Waals surface area contributed by atoms with Gasteiger partial charge in [-0.15, -0.1) is 0 Å². The van der Waals surface area contributed by atoms with E-state index < -0.39 is 17.9 Å². The van der Waals surface area contributed by atoms with Crippen molar-refractivity contribution in [2.24, 2.45) is 0 Å². The molecule has 38 heavy (non-hydrogen) atoms. The van der Waals surface area contributed by atoms with Gasteiger partial charge in [-0.1, -0.05) is 24.3 Å². The summed E-state index contributed by atoms with van der Waals surface area (Å²) in [6.07, 6.45) is 1.66. The zero-order chi connectivity index (χ0) is 26.8. The average Bonchev–Trinajstić information content (AvgIpc) is 3.26. The van der Waals surface area contributed by atoms with Crippen molar-refractivity contribution in [1.82, 2.24) is 0 Å². The molecule has 2 aliphatic heterocycles. The molecule has 0 aromatic heterocycles. The lowest BCUT2D eigenvalue weighted by molar-refractivity contribution is -0.143. The quantitative estimate of drug-likeness (QED) is 0.258. The molecule has 3 aromatic rings. The number of fused-ring (bicyclic) bond motifs is 3. The minimum Gasteiger partial charge on any atom is -0.496 e. The zero-order valence-electron chi connectivity index (χ0n) is 20.9. The lowest BCUT2D eigenvalue weighted by Gasteiger charge is -2.26. The second kappa shape index (κ2) is 10.3. The first-order chi connectivity index (χ1) is 18.4. The third-order valence-electron chi connectivity index (χ3n) is 6.37. The molecule has 0 aliphatic carbocycles. The molecule has 9 nitrogen and oxygen atoms in total. The van der Waals surface area contributed by atoms with Gasteiger partial charge in [0.25, 0.3) is 0 Å². The van der Waals surface area contributed by atoms with Gasteiger partial charge in [0, 0.05) is 17.0 Å². The fourth-order valence-electron chi connectivity index (χ4n) is 4.53. The summed E-state index contributed by atoms with van der Waals surface area (Å²) in [6.45, 7) is -0.282. The van der Waals surface area contributed by atoms with Crippen LogP contribution >= 0.6 is 0 Å². The summed E-state index contributed by atoms with van der Waals surface area (Å²) in [7, 11) is 4.30. The molecule has 0 amide bonds. The molecule has 0 spiro atoms. The molecule has 5 rings (SSSR count). The largest absolute Gasteiger partial charge is 0.496 e. The van der Waals surface area contributed by atoms with Crippen LogP contribution in [0.4, 0.5) is 0 Å². The number of hydrogen-bond acceptors (Lipinski definition) is 9. The van der Waals surface area contributed by atoms with E-state index in [0.717, 1.165) is 5.56 Å². The Bertz CT molecular complexity index is 1470. The van der Waals surface area contributed by atoms with Crippen LogP contribution in [0.3, 0.4) is 0 Å². The number of ether oxygens (including phenoxy) is 6. The van der Waals surface area contributed by atoms with Crippen LogP contribution in [0.15, 0.2) is 60.4 Å². The maximum Gasteiger partial charge on any atom is 0.343 e. The van der Waals surface area contributed by atoms with Gasteiger partial charge in [0.05, 0.1) is 33.3 Å². The Morgan fingerprint density at radius 2 is 1.74 bits per heavy atom. The minimum atomic E-state index is -0.533. The van der Waals surface area contributed by atoms with Crippen molar-refractivity contribution in [3.8, 4) is 28.7 Å². The molecule has 0 unspecified atom stereocenters. The molecule has 0 bridgehead atoms. The van der Waals surface area contributed by atoms with Crippen molar-refractivity contribution in [3.63, 3.8) is 0 Å². The van der Waals surface area contributed by atoms with Gasteiger partial charge >= 0.3 is 11.9 Å². The van der Waals surface area contributed by atoms with Gasteiger partial charge < -0.3 is 28.4 Å². The summed E-state index contributed by atoms with van der Waals surface area (Å²) in [5, 5.41) is 0. The highest BCUT2D eigenvalue weighted by atomic mass is 16.6. The van der Waals surface area contributed by atoms with Gasteiger partial charge in [-0.05, 0) is 42.0 Å². The molecule has 194 valence electrons. The molecule has 0 saturated carbocycles. The topological polar surface area (TPSA) is 107 Å². The minimum absolute atomic E-state index is 0.0259. The lowest BCUT2D eigenvalue weighted by Crippen LogP contribution is -2.21. The lowest BCUT2D eigenvalue weighted by atomic mass is 9.84. The summed E-state index contributed by atoms with van der Waals surface area (Å²) < 4.78 is 32.6. The second-order valence-corrected chi connectivity index (χ2v) is 8.54. The fourth-order valence-corrected chi connectivity index (χ4v) is 4.53. The molecular formula is C29H24O9. The van der Waals surface area contributed by atoms with Crippen molar-refractivity contribution in [2.75, 3.05) is 27.9 Å². The number of hydrogen-bond donors (Lipinski definition) is 0. The first-order valence-corrected chi connectivity index (χ1v) is 11.8. The SMILES string of the molecule is COC(=O)COc1ccc([C@H]2CC(=O)Oc3ccc4c(c32)O/C(=C\c2ccccc2OC)C4=O)cc1OC. The maximum atomic E-state index is 13.3. The highest BCUT2D eigenvalue weighted by Gasteiger charge is 2.38. The van der Waals surface area contributed by atoms with E-state index in [1.165, 1.54) is 14.2 Å². The van der Waals surface area contributed by atoms with Crippen molar-refractivity contribution in [3.05, 3.63) is 82.6 Å². The third kappa shape index (κ3) is 4.54. The van der Waals surface area contributed by atoms with Crippen LogP contribution in [0.1, 0.15) is 39.4 Å². The number of rotatable bonds is 7. The third-order valence-corrected chi connectivity index (χ3v) is 6.37. The van der Waals surface area contributed by atoms with Crippen LogP contribution < -0.4 is 23.7 Å². The molecule has 0 saturated heterocycles. The number of ketones is 1. The van der Waals surface area contributed by atoms with Gasteiger partial charge in [0.2, 0.25) is 5.78 Å². The molecule has 3 aromatic carbocycles. The van der Waals surface area contributed by atoms with Crippen molar-refractivity contribution < 1.29 is 42.8 Å². The molecule has 9 heteroatoms. The summed E-state index contributed by atoms with van der Waals surface area (Å²) in [5.74, 6) is 0.394. The summed E-state index contributed by atoms with van der Waals surface area (Å²) in [5.41, 5.74) is 2.37. The van der Waals surface area contributed by atoms with Crippen LogP contribution in [0.5, 0.6) is 28.7 Å². The van der Waals surface area contributed by atoms with Gasteiger partial charge in [-0.2, -0.15) is 0 Å². The van der Waals surface area contributed by atoms with E-state index in [1.807, 2.05) is 18.2 Å². The predicted molar refractivity (Wildman–Crippen MR) is 135 cm³/mol. The Morgan fingerprint density at radius 1 is 0.947 bits per heavy atom. The van der Waals surface area contributed by atoms with E-state index in [1.54, 1.807) is 49.6 Å². The summed E-state index contributed by atoms with van der Waals surface area (Å²) >= 11 is 0. The number of carbonyl (C=O) groups is 3. The fraction of sp³-hybridized carbons (Fsp3) is 0.207. The highest BCUT2D eigenvalue weighted by molar-refractivity contribution is 6.15. The van der Waals surface area contributed by atoms with E-state index in [0.29, 0.717) is 45.4 Å². The number of benzene rings is 3. The van der Waals surface area contributed by atoms with Gasteiger partial charge in [-0.3, -0.25) is 9.59 Å². The Labute approximate surface area is 218 Å².